The van der Waals surface area contributed by atoms with Crippen molar-refractivity contribution in [2.75, 3.05) is 19.6 Å². The number of rotatable bonds is 8. The van der Waals surface area contributed by atoms with E-state index in [-0.39, 0.29) is 37.0 Å². The predicted octanol–water partition coefficient (Wildman–Crippen LogP) is 2.51. The number of nitrogens with zero attached hydrogens (tertiary/aromatic N) is 1. The van der Waals surface area contributed by atoms with E-state index in [0.29, 0.717) is 18.7 Å². The lowest BCUT2D eigenvalue weighted by Crippen LogP contribution is -2.40. The Bertz CT molecular complexity index is 640. The average Bonchev–Trinajstić information content (AvgIpc) is 2.63. The van der Waals surface area contributed by atoms with Gasteiger partial charge in [0.25, 0.3) is 0 Å². The number of benzene rings is 1. The summed E-state index contributed by atoms with van der Waals surface area (Å²) in [6.07, 6.45) is 4.84. The van der Waals surface area contributed by atoms with Gasteiger partial charge in [0.05, 0.1) is 6.54 Å². The zero-order chi connectivity index (χ0) is 18.2. The van der Waals surface area contributed by atoms with Crippen molar-refractivity contribution < 1.29 is 14.4 Å². The summed E-state index contributed by atoms with van der Waals surface area (Å²) in [7, 11) is 0. The molecule has 2 amide bonds. The lowest BCUT2D eigenvalue weighted by atomic mass is 9.89. The maximum absolute atomic E-state index is 12.4. The number of hydrogen-bond donors (Lipinski definition) is 1. The van der Waals surface area contributed by atoms with E-state index in [2.05, 4.69) is 11.4 Å². The number of carbonyl (C=O) groups is 3. The zero-order valence-corrected chi connectivity index (χ0v) is 15.3. The van der Waals surface area contributed by atoms with Crippen molar-refractivity contribution in [1.82, 2.24) is 10.2 Å². The summed E-state index contributed by atoms with van der Waals surface area (Å²) in [6, 6.07) is 5.92. The van der Waals surface area contributed by atoms with E-state index in [0.717, 1.165) is 12.8 Å². The minimum atomic E-state index is -0.168. The molecule has 1 N–H and O–H groups in total. The molecule has 5 heteroatoms. The first-order chi connectivity index (χ1) is 12.0. The number of ketones is 1. The maximum atomic E-state index is 12.4. The average molecular weight is 344 g/mol. The fourth-order valence-electron chi connectivity index (χ4n) is 3.23. The van der Waals surface area contributed by atoms with Crippen LogP contribution in [-0.4, -0.2) is 42.1 Å². The van der Waals surface area contributed by atoms with Crippen LogP contribution < -0.4 is 5.32 Å². The maximum Gasteiger partial charge on any atom is 0.239 e. The highest BCUT2D eigenvalue weighted by atomic mass is 16.2. The summed E-state index contributed by atoms with van der Waals surface area (Å²) < 4.78 is 0. The monoisotopic (exact) mass is 344 g/mol. The SMILES string of the molecule is CCNC(=O)CN(CC)C(=O)CCC(=O)c1ccc2c(c1)CCCC2. The summed E-state index contributed by atoms with van der Waals surface area (Å²) in [5.41, 5.74) is 3.31. The molecular weight excluding hydrogens is 316 g/mol. The fraction of sp³-hybridized carbons (Fsp3) is 0.550. The summed E-state index contributed by atoms with van der Waals surface area (Å²) in [4.78, 5) is 37.8. The van der Waals surface area contributed by atoms with Crippen LogP contribution in [0.15, 0.2) is 18.2 Å². The van der Waals surface area contributed by atoms with Gasteiger partial charge in [-0.25, -0.2) is 0 Å². The van der Waals surface area contributed by atoms with Gasteiger partial charge < -0.3 is 10.2 Å². The standard InChI is InChI=1S/C20H28N2O3/c1-3-21-19(24)14-22(4-2)20(25)12-11-18(23)17-10-9-15-7-5-6-8-16(15)13-17/h9-10,13H,3-8,11-12,14H2,1-2H3,(H,21,24). The number of aryl methyl sites for hydroxylation is 2. The molecule has 0 fully saturated rings. The molecule has 1 aromatic carbocycles. The summed E-state index contributed by atoms with van der Waals surface area (Å²) in [5.74, 6) is -0.324. The van der Waals surface area contributed by atoms with Crippen molar-refractivity contribution in [2.45, 2.75) is 52.4 Å². The van der Waals surface area contributed by atoms with E-state index in [1.807, 2.05) is 26.0 Å². The molecule has 25 heavy (non-hydrogen) atoms. The molecule has 1 aliphatic carbocycles. The van der Waals surface area contributed by atoms with E-state index in [1.54, 1.807) is 0 Å². The summed E-state index contributed by atoms with van der Waals surface area (Å²) in [6.45, 7) is 4.73. The van der Waals surface area contributed by atoms with Crippen molar-refractivity contribution in [1.29, 1.82) is 0 Å². The third kappa shape index (κ3) is 5.41. The van der Waals surface area contributed by atoms with Crippen LogP contribution in [0.1, 0.15) is 61.0 Å². The number of amides is 2. The molecule has 0 bridgehead atoms. The van der Waals surface area contributed by atoms with E-state index in [1.165, 1.54) is 28.9 Å². The van der Waals surface area contributed by atoms with Crippen molar-refractivity contribution in [3.63, 3.8) is 0 Å². The number of fused-ring (bicyclic) bond motifs is 1. The largest absolute Gasteiger partial charge is 0.355 e. The van der Waals surface area contributed by atoms with Gasteiger partial charge in [0.15, 0.2) is 5.78 Å². The Kier molecular flexibility index (Phi) is 7.16. The molecule has 0 spiro atoms. The molecule has 0 aliphatic heterocycles. The van der Waals surface area contributed by atoms with E-state index in [4.69, 9.17) is 0 Å². The van der Waals surface area contributed by atoms with Crippen LogP contribution in [-0.2, 0) is 22.4 Å². The van der Waals surface area contributed by atoms with E-state index >= 15 is 0 Å². The molecule has 0 radical (unpaired) electrons. The molecule has 0 unspecified atom stereocenters. The molecule has 2 rings (SSSR count). The van der Waals surface area contributed by atoms with Crippen LogP contribution in [0.25, 0.3) is 0 Å². The zero-order valence-electron chi connectivity index (χ0n) is 15.3. The quantitative estimate of drug-likeness (QED) is 0.737. The molecule has 1 aliphatic rings. The number of likely N-dealkylation sites (N-methyl/N-ethyl adjacent to an activating group) is 2. The molecule has 0 aromatic heterocycles. The van der Waals surface area contributed by atoms with Crippen LogP contribution in [0.2, 0.25) is 0 Å². The Hall–Kier alpha value is -2.17. The van der Waals surface area contributed by atoms with E-state index in [9.17, 15) is 14.4 Å². The van der Waals surface area contributed by atoms with Gasteiger partial charge in [0, 0.05) is 31.5 Å². The van der Waals surface area contributed by atoms with Gasteiger partial charge in [-0.3, -0.25) is 14.4 Å². The van der Waals surface area contributed by atoms with Gasteiger partial charge in [-0.1, -0.05) is 12.1 Å². The highest BCUT2D eigenvalue weighted by Gasteiger charge is 2.18. The molecule has 0 saturated carbocycles. The summed E-state index contributed by atoms with van der Waals surface area (Å²) >= 11 is 0. The number of Topliss-reactive ketones (excluding diaryl/α,β-unsaturated/α-hetero) is 1. The Balaban J connectivity index is 1.90. The molecule has 136 valence electrons. The van der Waals surface area contributed by atoms with Crippen molar-refractivity contribution in [3.8, 4) is 0 Å². The Labute approximate surface area is 149 Å². The highest BCUT2D eigenvalue weighted by Crippen LogP contribution is 2.23. The van der Waals surface area contributed by atoms with Gasteiger partial charge in [-0.2, -0.15) is 0 Å². The minimum Gasteiger partial charge on any atom is -0.355 e. The van der Waals surface area contributed by atoms with Crippen LogP contribution in [0.4, 0.5) is 0 Å². The second-order valence-corrected chi connectivity index (χ2v) is 6.48. The highest BCUT2D eigenvalue weighted by molar-refractivity contribution is 5.98. The molecule has 0 saturated heterocycles. The third-order valence-corrected chi connectivity index (χ3v) is 4.68. The number of nitrogens with one attached hydrogen (secondary N) is 1. The Morgan fingerprint density at radius 1 is 1.04 bits per heavy atom. The predicted molar refractivity (Wildman–Crippen MR) is 97.6 cm³/mol. The van der Waals surface area contributed by atoms with Crippen LogP contribution in [0, 0.1) is 0 Å². The van der Waals surface area contributed by atoms with Crippen molar-refractivity contribution in [3.05, 3.63) is 34.9 Å². The smallest absolute Gasteiger partial charge is 0.239 e. The van der Waals surface area contributed by atoms with Gasteiger partial charge >= 0.3 is 0 Å². The second-order valence-electron chi connectivity index (χ2n) is 6.48. The van der Waals surface area contributed by atoms with E-state index < -0.39 is 0 Å². The van der Waals surface area contributed by atoms with Gasteiger partial charge in [-0.15, -0.1) is 0 Å². The first-order valence-corrected chi connectivity index (χ1v) is 9.24. The van der Waals surface area contributed by atoms with Crippen LogP contribution >= 0.6 is 0 Å². The fourth-order valence-corrected chi connectivity index (χ4v) is 3.23. The number of hydrogen-bond acceptors (Lipinski definition) is 3. The lowest BCUT2D eigenvalue weighted by molar-refractivity contribution is -0.135. The second kappa shape index (κ2) is 9.35. The lowest BCUT2D eigenvalue weighted by Gasteiger charge is -2.20. The molecule has 1 aromatic rings. The number of carbonyl (C=O) groups excluding carboxylic acids is 3. The first-order valence-electron chi connectivity index (χ1n) is 9.24. The molecule has 0 atom stereocenters. The van der Waals surface area contributed by atoms with Crippen molar-refractivity contribution >= 4 is 17.6 Å². The normalized spacial score (nSPS) is 13.0. The Morgan fingerprint density at radius 2 is 1.76 bits per heavy atom. The van der Waals surface area contributed by atoms with Crippen LogP contribution in [0.3, 0.4) is 0 Å². The van der Waals surface area contributed by atoms with Gasteiger partial charge in [0.1, 0.15) is 0 Å². The van der Waals surface area contributed by atoms with Gasteiger partial charge in [-0.05, 0) is 56.7 Å². The van der Waals surface area contributed by atoms with Crippen molar-refractivity contribution in [2.24, 2.45) is 0 Å². The van der Waals surface area contributed by atoms with Crippen LogP contribution in [0.5, 0.6) is 0 Å². The molecule has 0 heterocycles. The molecule has 5 nitrogen and oxygen atoms in total. The van der Waals surface area contributed by atoms with Gasteiger partial charge in [0.2, 0.25) is 11.8 Å². The third-order valence-electron chi connectivity index (χ3n) is 4.68. The summed E-state index contributed by atoms with van der Waals surface area (Å²) in [5, 5.41) is 2.69. The first kappa shape index (κ1) is 19.2. The topological polar surface area (TPSA) is 66.5 Å². The minimum absolute atomic E-state index is 0.00390. The Morgan fingerprint density at radius 3 is 2.44 bits per heavy atom. The molecular formula is C20H28N2O3.